The third kappa shape index (κ3) is 7.73. The highest BCUT2D eigenvalue weighted by molar-refractivity contribution is 5.94. The predicted molar refractivity (Wildman–Crippen MR) is 152 cm³/mol. The van der Waals surface area contributed by atoms with E-state index in [1.807, 2.05) is 6.07 Å². The lowest BCUT2D eigenvalue weighted by Crippen LogP contribution is -2.42. The van der Waals surface area contributed by atoms with E-state index in [0.717, 1.165) is 43.3 Å². The van der Waals surface area contributed by atoms with Gasteiger partial charge in [0.15, 0.2) is 22.9 Å². The van der Waals surface area contributed by atoms with E-state index in [-0.39, 0.29) is 11.6 Å². The van der Waals surface area contributed by atoms with Crippen LogP contribution in [0.15, 0.2) is 53.1 Å². The van der Waals surface area contributed by atoms with E-state index < -0.39 is 11.9 Å². The maximum atomic E-state index is 13.5. The molecule has 3 heterocycles. The van der Waals surface area contributed by atoms with Crippen molar-refractivity contribution >= 4 is 28.7 Å². The normalized spacial score (nSPS) is 19.8. The third-order valence-electron chi connectivity index (χ3n) is 7.74. The molecule has 2 atom stereocenters. The molecule has 2 N–H and O–H groups in total. The third-order valence-corrected chi connectivity index (χ3v) is 7.74. The molecule has 0 radical (unpaired) electrons. The molecule has 2 saturated heterocycles. The molecule has 0 saturated carbocycles. The molecule has 0 spiro atoms. The van der Waals surface area contributed by atoms with E-state index in [0.29, 0.717) is 59.4 Å². The second-order valence-corrected chi connectivity index (χ2v) is 10.5. The Morgan fingerprint density at radius 2 is 1.71 bits per heavy atom. The summed E-state index contributed by atoms with van der Waals surface area (Å²) >= 11 is 0. The number of carbonyl (C=O) groups is 3. The van der Waals surface area contributed by atoms with Crippen molar-refractivity contribution in [2.24, 2.45) is 0 Å². The molecule has 42 heavy (non-hydrogen) atoms. The molecule has 2 unspecified atom stereocenters. The van der Waals surface area contributed by atoms with Gasteiger partial charge in [-0.05, 0) is 82.3 Å². The Bertz CT molecular complexity index is 1420. The van der Waals surface area contributed by atoms with Crippen LogP contribution in [0.3, 0.4) is 0 Å². The summed E-state index contributed by atoms with van der Waals surface area (Å²) in [5.74, 6) is -1.16. The Morgan fingerprint density at radius 1 is 1.02 bits per heavy atom. The van der Waals surface area contributed by atoms with Gasteiger partial charge in [0.25, 0.3) is 0 Å². The number of carbonyl (C=O) groups excluding carboxylic acids is 1. The highest BCUT2D eigenvalue weighted by Crippen LogP contribution is 2.44. The fourth-order valence-corrected chi connectivity index (χ4v) is 5.81. The maximum Gasteiger partial charge on any atom is 0.328 e. The van der Waals surface area contributed by atoms with Crippen molar-refractivity contribution < 1.29 is 43.0 Å². The highest BCUT2D eigenvalue weighted by Gasteiger charge is 2.41. The zero-order valence-corrected chi connectivity index (χ0v) is 23.6. The summed E-state index contributed by atoms with van der Waals surface area (Å²) in [7, 11) is 1.59. The Morgan fingerprint density at radius 3 is 2.33 bits per heavy atom. The summed E-state index contributed by atoms with van der Waals surface area (Å²) in [5, 5.41) is 20.9. The molecule has 1 aromatic heterocycles. The summed E-state index contributed by atoms with van der Waals surface area (Å²) in [5.41, 5.74) is 2.15. The number of rotatable bonds is 11. The van der Waals surface area contributed by atoms with Crippen LogP contribution in [0.5, 0.6) is 11.5 Å². The van der Waals surface area contributed by atoms with Gasteiger partial charge in [-0.2, -0.15) is 0 Å². The molecular weight excluding hydrogens is 547 g/mol. The van der Waals surface area contributed by atoms with Crippen molar-refractivity contribution in [3.63, 3.8) is 0 Å². The minimum absolute atomic E-state index is 0.00823. The minimum atomic E-state index is -1.26. The van der Waals surface area contributed by atoms with Crippen molar-refractivity contribution in [2.75, 3.05) is 20.3 Å². The van der Waals surface area contributed by atoms with Crippen LogP contribution >= 0.6 is 0 Å². The van der Waals surface area contributed by atoms with E-state index in [1.165, 1.54) is 25.0 Å². The number of carboxylic acids is 2. The standard InChI is InChI=1S/C27H31FN2O4.C4H4O4/c1-17(31)18-5-10-24(26(15-18)32-2)33-12-4-3-11-30-21-7-8-22(30)14-19(13-21)27-23-9-6-20(28)16-25(23)34-29-27;5-3(6)1-2-4(7)8/h5-6,9-10,15-16,19,21-22H,3-4,7-8,11-14H2,1-2H3;1-2H,(H,5,6)(H,7,8)/b;2-1+. The molecule has 3 aromatic rings. The van der Waals surface area contributed by atoms with E-state index in [1.54, 1.807) is 32.2 Å². The van der Waals surface area contributed by atoms with Crippen LogP contribution in [0.2, 0.25) is 0 Å². The molecule has 2 fully saturated rings. The smallest absolute Gasteiger partial charge is 0.328 e. The van der Waals surface area contributed by atoms with Gasteiger partial charge in [-0.3, -0.25) is 9.69 Å². The van der Waals surface area contributed by atoms with E-state index in [4.69, 9.17) is 24.2 Å². The fourth-order valence-electron chi connectivity index (χ4n) is 5.81. The number of unbranched alkanes of at least 4 members (excludes halogenated alkanes) is 1. The molecule has 2 aromatic carbocycles. The zero-order chi connectivity index (χ0) is 30.2. The topological polar surface area (TPSA) is 139 Å². The number of aliphatic carboxylic acids is 2. The molecule has 2 bridgehead atoms. The maximum absolute atomic E-state index is 13.5. The summed E-state index contributed by atoms with van der Waals surface area (Å²) in [4.78, 5) is 33.3. The number of piperidine rings is 1. The van der Waals surface area contributed by atoms with Crippen LogP contribution < -0.4 is 9.47 Å². The van der Waals surface area contributed by atoms with Gasteiger partial charge in [0.2, 0.25) is 0 Å². The molecule has 0 amide bonds. The number of halogens is 1. The molecule has 2 aliphatic heterocycles. The summed E-state index contributed by atoms with van der Waals surface area (Å²) in [6.45, 7) is 3.22. The van der Waals surface area contributed by atoms with Crippen molar-refractivity contribution in [2.45, 2.75) is 63.5 Å². The summed E-state index contributed by atoms with van der Waals surface area (Å²) in [6, 6.07) is 11.2. The van der Waals surface area contributed by atoms with Gasteiger partial charge in [-0.25, -0.2) is 14.0 Å². The van der Waals surface area contributed by atoms with Gasteiger partial charge in [0.1, 0.15) is 5.82 Å². The van der Waals surface area contributed by atoms with Crippen LogP contribution in [-0.4, -0.2) is 70.3 Å². The number of ether oxygens (including phenoxy) is 2. The summed E-state index contributed by atoms with van der Waals surface area (Å²) < 4.78 is 30.2. The fraction of sp³-hybridized carbons (Fsp3) is 0.419. The predicted octanol–water partition coefficient (Wildman–Crippen LogP) is 5.46. The number of hydrogen-bond acceptors (Lipinski definition) is 8. The number of Topliss-reactive ketones (excluding diaryl/α,β-unsaturated/α-hetero) is 1. The van der Waals surface area contributed by atoms with E-state index in [2.05, 4.69) is 10.1 Å². The number of benzene rings is 2. The number of carboxylic acid groups (broad SMARTS) is 2. The number of nitrogens with zero attached hydrogens (tertiary/aromatic N) is 2. The van der Waals surface area contributed by atoms with Crippen molar-refractivity contribution in [3.8, 4) is 11.5 Å². The van der Waals surface area contributed by atoms with Gasteiger partial charge < -0.3 is 24.2 Å². The number of aromatic nitrogens is 1. The van der Waals surface area contributed by atoms with Crippen LogP contribution in [0.1, 0.15) is 67.4 Å². The Labute approximate surface area is 242 Å². The largest absolute Gasteiger partial charge is 0.493 e. The van der Waals surface area contributed by atoms with Gasteiger partial charge in [-0.1, -0.05) is 5.16 Å². The average Bonchev–Trinajstić information content (AvgIpc) is 3.47. The monoisotopic (exact) mass is 582 g/mol. The minimum Gasteiger partial charge on any atom is -0.493 e. The average molecular weight is 583 g/mol. The van der Waals surface area contributed by atoms with Crippen molar-refractivity contribution in [1.29, 1.82) is 0 Å². The molecular formula is C31H35FN2O8. The molecule has 0 aliphatic carbocycles. The highest BCUT2D eigenvalue weighted by atomic mass is 19.1. The first-order chi connectivity index (χ1) is 20.2. The molecule has 10 nitrogen and oxygen atoms in total. The number of hydrogen-bond donors (Lipinski definition) is 2. The molecule has 5 rings (SSSR count). The lowest BCUT2D eigenvalue weighted by molar-refractivity contribution is -0.134. The van der Waals surface area contributed by atoms with Gasteiger partial charge in [0, 0.05) is 47.2 Å². The van der Waals surface area contributed by atoms with Gasteiger partial charge in [-0.15, -0.1) is 0 Å². The quantitative estimate of drug-likeness (QED) is 0.170. The summed E-state index contributed by atoms with van der Waals surface area (Å²) in [6.07, 6.45) is 7.74. The van der Waals surface area contributed by atoms with Gasteiger partial charge >= 0.3 is 11.9 Å². The number of ketones is 1. The van der Waals surface area contributed by atoms with Crippen molar-refractivity contribution in [3.05, 3.63) is 65.6 Å². The number of methoxy groups -OCH3 is 1. The Balaban J connectivity index is 0.000000446. The molecule has 224 valence electrons. The Kier molecular flexibility index (Phi) is 10.3. The lowest BCUT2D eigenvalue weighted by atomic mass is 9.86. The zero-order valence-electron chi connectivity index (χ0n) is 23.6. The SMILES string of the molecule is COc1cc(C(C)=O)ccc1OCCCCN1C2CCC1CC(c1noc3cc(F)ccc13)C2.O=C(O)/C=C/C(=O)O. The van der Waals surface area contributed by atoms with E-state index in [9.17, 15) is 18.8 Å². The number of fused-ring (bicyclic) bond motifs is 3. The first kappa shape index (κ1) is 30.7. The first-order valence-corrected chi connectivity index (χ1v) is 13.9. The second-order valence-electron chi connectivity index (χ2n) is 10.5. The van der Waals surface area contributed by atoms with Crippen LogP contribution in [0, 0.1) is 5.82 Å². The molecule has 2 aliphatic rings. The van der Waals surface area contributed by atoms with Crippen molar-refractivity contribution in [1.82, 2.24) is 10.1 Å². The Hall–Kier alpha value is -4.25. The van der Waals surface area contributed by atoms with Crippen LogP contribution in [-0.2, 0) is 9.59 Å². The second kappa shape index (κ2) is 14.1. The molecule has 11 heteroatoms. The van der Waals surface area contributed by atoms with E-state index >= 15 is 0 Å². The van der Waals surface area contributed by atoms with Crippen LogP contribution in [0.25, 0.3) is 11.0 Å². The first-order valence-electron chi connectivity index (χ1n) is 13.9. The lowest BCUT2D eigenvalue weighted by Gasteiger charge is -2.38. The van der Waals surface area contributed by atoms with Crippen LogP contribution in [0.4, 0.5) is 4.39 Å². The van der Waals surface area contributed by atoms with Gasteiger partial charge in [0.05, 0.1) is 19.4 Å².